The average molecular weight is 449 g/mol. The first kappa shape index (κ1) is 23.2. The summed E-state index contributed by atoms with van der Waals surface area (Å²) in [7, 11) is 0. The lowest BCUT2D eigenvalue weighted by Gasteiger charge is -2.21. The first-order valence-corrected chi connectivity index (χ1v) is 9.82. The van der Waals surface area contributed by atoms with Crippen LogP contribution in [0.3, 0.4) is 0 Å². The zero-order chi connectivity index (χ0) is 23.4. The molecule has 3 aromatic rings. The molecule has 0 atom stereocenters. The molecule has 9 heteroatoms. The van der Waals surface area contributed by atoms with E-state index in [4.69, 9.17) is 19.0 Å². The number of hydrogen-bond acceptors (Lipinski definition) is 5. The number of oxazole rings is 1. The number of aryl methyl sites for hydroxylation is 1. The third-order valence-electron chi connectivity index (χ3n) is 4.58. The molecule has 0 fully saturated rings. The minimum atomic E-state index is -4.38. The van der Waals surface area contributed by atoms with Gasteiger partial charge in [-0.3, -0.25) is 0 Å². The molecule has 6 nitrogen and oxygen atoms in total. The second-order valence-corrected chi connectivity index (χ2v) is 7.54. The van der Waals surface area contributed by atoms with Gasteiger partial charge in [0.15, 0.2) is 11.5 Å². The summed E-state index contributed by atoms with van der Waals surface area (Å²) in [6.45, 7) is 3.32. The molecule has 0 bridgehead atoms. The van der Waals surface area contributed by atoms with Gasteiger partial charge in [0.1, 0.15) is 23.5 Å². The van der Waals surface area contributed by atoms with Crippen LogP contribution in [-0.2, 0) is 17.4 Å². The number of rotatable bonds is 9. The van der Waals surface area contributed by atoms with E-state index < -0.39 is 23.3 Å². The van der Waals surface area contributed by atoms with E-state index in [0.717, 1.165) is 12.1 Å². The van der Waals surface area contributed by atoms with E-state index in [1.54, 1.807) is 24.3 Å². The number of aromatic nitrogens is 1. The molecule has 0 unspecified atom stereocenters. The highest BCUT2D eigenvalue weighted by atomic mass is 19.4. The van der Waals surface area contributed by atoms with Crippen LogP contribution in [0.1, 0.15) is 31.7 Å². The number of nitrogens with zero attached hydrogens (tertiary/aromatic N) is 1. The molecule has 0 radical (unpaired) electrons. The Morgan fingerprint density at radius 3 is 2.25 bits per heavy atom. The third-order valence-corrected chi connectivity index (χ3v) is 4.58. The summed E-state index contributed by atoms with van der Waals surface area (Å²) in [6, 6.07) is 11.4. The lowest BCUT2D eigenvalue weighted by Crippen LogP contribution is -2.37. The van der Waals surface area contributed by atoms with Crippen molar-refractivity contribution in [3.05, 3.63) is 66.2 Å². The lowest BCUT2D eigenvalue weighted by atomic mass is 10.1. The Hall–Kier alpha value is -3.49. The maximum Gasteiger partial charge on any atom is 0.416 e. The Bertz CT molecular complexity index is 1040. The molecule has 0 saturated heterocycles. The molecule has 1 heterocycles. The molecule has 0 aliphatic heterocycles. The van der Waals surface area contributed by atoms with Gasteiger partial charge in [-0.15, -0.1) is 0 Å². The van der Waals surface area contributed by atoms with Crippen molar-refractivity contribution in [2.75, 3.05) is 6.61 Å². The van der Waals surface area contributed by atoms with E-state index in [-0.39, 0.29) is 0 Å². The highest BCUT2D eigenvalue weighted by molar-refractivity contribution is 5.76. The van der Waals surface area contributed by atoms with Crippen LogP contribution in [-0.4, -0.2) is 28.3 Å². The Morgan fingerprint density at radius 2 is 1.66 bits per heavy atom. The fraction of sp³-hybridized carbons (Fsp3) is 0.304. The molecule has 0 amide bonds. The van der Waals surface area contributed by atoms with Gasteiger partial charge in [0.2, 0.25) is 0 Å². The van der Waals surface area contributed by atoms with Crippen molar-refractivity contribution in [2.45, 2.75) is 38.5 Å². The molecule has 32 heavy (non-hydrogen) atoms. The molecular weight excluding hydrogens is 427 g/mol. The van der Waals surface area contributed by atoms with E-state index >= 15 is 0 Å². The van der Waals surface area contributed by atoms with Gasteiger partial charge in [0, 0.05) is 12.0 Å². The van der Waals surface area contributed by atoms with Crippen LogP contribution in [0.15, 0.2) is 59.2 Å². The minimum Gasteiger partial charge on any atom is -0.494 e. The Kier molecular flexibility index (Phi) is 6.76. The number of benzene rings is 2. The molecule has 1 aromatic heterocycles. The fourth-order valence-electron chi connectivity index (χ4n) is 2.74. The molecule has 0 saturated carbocycles. The number of carbonyl (C=O) groups is 1. The van der Waals surface area contributed by atoms with Gasteiger partial charge in [-0.25, -0.2) is 9.78 Å². The Labute approximate surface area is 182 Å². The predicted molar refractivity (Wildman–Crippen MR) is 110 cm³/mol. The van der Waals surface area contributed by atoms with Gasteiger partial charge in [0.25, 0.3) is 0 Å². The molecule has 0 spiro atoms. The summed E-state index contributed by atoms with van der Waals surface area (Å²) in [5.74, 6) is 0.414. The predicted octanol–water partition coefficient (Wildman–Crippen LogP) is 5.61. The van der Waals surface area contributed by atoms with Crippen LogP contribution in [0.5, 0.6) is 11.5 Å². The number of halogens is 3. The van der Waals surface area contributed by atoms with E-state index in [0.29, 0.717) is 48.1 Å². The Morgan fingerprint density at radius 1 is 1.03 bits per heavy atom. The van der Waals surface area contributed by atoms with Crippen molar-refractivity contribution in [3.63, 3.8) is 0 Å². The van der Waals surface area contributed by atoms with E-state index in [2.05, 4.69) is 4.98 Å². The summed E-state index contributed by atoms with van der Waals surface area (Å²) in [6.07, 6.45) is -1.86. The summed E-state index contributed by atoms with van der Waals surface area (Å²) < 4.78 is 54.5. The molecule has 170 valence electrons. The van der Waals surface area contributed by atoms with E-state index in [1.165, 1.54) is 32.2 Å². The zero-order valence-corrected chi connectivity index (χ0v) is 17.5. The van der Waals surface area contributed by atoms with Gasteiger partial charge < -0.3 is 19.0 Å². The van der Waals surface area contributed by atoms with Crippen molar-refractivity contribution < 1.29 is 37.0 Å². The van der Waals surface area contributed by atoms with Crippen molar-refractivity contribution >= 4 is 5.97 Å². The zero-order valence-electron chi connectivity index (χ0n) is 17.5. The van der Waals surface area contributed by atoms with Gasteiger partial charge in [-0.2, -0.15) is 13.2 Å². The van der Waals surface area contributed by atoms with Crippen molar-refractivity contribution in [1.82, 2.24) is 4.98 Å². The molecule has 1 N–H and O–H groups in total. The maximum atomic E-state index is 12.7. The molecule has 3 rings (SSSR count). The highest BCUT2D eigenvalue weighted by Gasteiger charge is 2.30. The summed E-state index contributed by atoms with van der Waals surface area (Å²) in [4.78, 5) is 15.4. The Balaban J connectivity index is 1.46. The largest absolute Gasteiger partial charge is 0.494 e. The summed E-state index contributed by atoms with van der Waals surface area (Å²) >= 11 is 0. The third kappa shape index (κ3) is 6.03. The normalized spacial score (nSPS) is 11.9. The summed E-state index contributed by atoms with van der Waals surface area (Å²) in [5, 5.41) is 9.10. The monoisotopic (exact) mass is 449 g/mol. The lowest BCUT2D eigenvalue weighted by molar-refractivity contribution is -0.152. The SMILES string of the molecule is CC(C)(Oc1ccc(OCCCc2nc(-c3ccc(C(F)(F)F)cc3)co2)cc1)C(=O)O. The minimum absolute atomic E-state index is 0.388. The van der Waals surface area contributed by atoms with Crippen molar-refractivity contribution in [1.29, 1.82) is 0 Å². The fourth-order valence-corrected chi connectivity index (χ4v) is 2.74. The van der Waals surface area contributed by atoms with Crippen LogP contribution < -0.4 is 9.47 Å². The standard InChI is InChI=1S/C23H22F3NO5/c1-22(2,21(28)29)32-18-11-9-17(10-12-18)30-13-3-4-20-27-19(14-31-20)15-5-7-16(8-6-15)23(24,25)26/h5-12,14H,3-4,13H2,1-2H3,(H,28,29). The molecule has 0 aliphatic carbocycles. The molecular formula is C23H22F3NO5. The number of carboxylic acid groups (broad SMARTS) is 1. The average Bonchev–Trinajstić information content (AvgIpc) is 3.20. The quantitative estimate of drug-likeness (QED) is 0.428. The number of hydrogen-bond donors (Lipinski definition) is 1. The van der Waals surface area contributed by atoms with Crippen molar-refractivity contribution in [3.8, 4) is 22.8 Å². The first-order chi connectivity index (χ1) is 15.0. The maximum absolute atomic E-state index is 12.7. The van der Waals surface area contributed by atoms with Crippen molar-refractivity contribution in [2.24, 2.45) is 0 Å². The molecule has 2 aromatic carbocycles. The van der Waals surface area contributed by atoms with E-state index in [9.17, 15) is 18.0 Å². The van der Waals surface area contributed by atoms with Crippen LogP contribution in [0.4, 0.5) is 13.2 Å². The van der Waals surface area contributed by atoms with E-state index in [1.807, 2.05) is 0 Å². The molecule has 0 aliphatic rings. The van der Waals surface area contributed by atoms with Gasteiger partial charge in [-0.1, -0.05) is 12.1 Å². The van der Waals surface area contributed by atoms with Crippen LogP contribution in [0, 0.1) is 0 Å². The smallest absolute Gasteiger partial charge is 0.416 e. The summed E-state index contributed by atoms with van der Waals surface area (Å²) in [5.41, 5.74) is -1.04. The van der Waals surface area contributed by atoms with Crippen LogP contribution in [0.25, 0.3) is 11.3 Å². The number of alkyl halides is 3. The number of ether oxygens (including phenoxy) is 2. The second-order valence-electron chi connectivity index (χ2n) is 7.54. The number of aliphatic carboxylic acids is 1. The van der Waals surface area contributed by atoms with Crippen LogP contribution >= 0.6 is 0 Å². The van der Waals surface area contributed by atoms with Gasteiger partial charge >= 0.3 is 12.1 Å². The first-order valence-electron chi connectivity index (χ1n) is 9.82. The number of carboxylic acids is 1. The van der Waals surface area contributed by atoms with Crippen LogP contribution in [0.2, 0.25) is 0 Å². The topological polar surface area (TPSA) is 81.8 Å². The second kappa shape index (κ2) is 9.33. The highest BCUT2D eigenvalue weighted by Crippen LogP contribution is 2.31. The van der Waals surface area contributed by atoms with Gasteiger partial charge in [-0.05, 0) is 56.7 Å². The van der Waals surface area contributed by atoms with Gasteiger partial charge in [0.05, 0.1) is 12.2 Å².